The third-order valence-corrected chi connectivity index (χ3v) is 3.90. The molecule has 6 nitrogen and oxygen atoms in total. The molecule has 0 aliphatic carbocycles. The molecule has 1 aromatic heterocycles. The van der Waals surface area contributed by atoms with Gasteiger partial charge in [-0.1, -0.05) is 0 Å². The fourth-order valence-corrected chi connectivity index (χ4v) is 2.52. The van der Waals surface area contributed by atoms with Crippen LogP contribution in [0.5, 0.6) is 0 Å². The number of alkyl halides is 3. The molecule has 0 bridgehead atoms. The predicted molar refractivity (Wildman–Crippen MR) is 76.9 cm³/mol. The van der Waals surface area contributed by atoms with E-state index >= 15 is 0 Å². The van der Waals surface area contributed by atoms with E-state index in [0.29, 0.717) is 11.7 Å². The molecule has 0 radical (unpaired) electrons. The van der Waals surface area contributed by atoms with E-state index in [1.54, 1.807) is 13.8 Å². The number of aromatic nitrogens is 1. The average Bonchev–Trinajstić information content (AvgIpc) is 2.76. The molecular weight excluding hydrogens is 313 g/mol. The van der Waals surface area contributed by atoms with E-state index in [1.165, 1.54) is 9.80 Å². The maximum Gasteiger partial charge on any atom is 0.401 e. The first kappa shape index (κ1) is 17.6. The van der Waals surface area contributed by atoms with E-state index < -0.39 is 12.7 Å². The summed E-state index contributed by atoms with van der Waals surface area (Å²) >= 11 is 0. The first-order chi connectivity index (χ1) is 10.7. The highest BCUT2D eigenvalue weighted by Gasteiger charge is 2.35. The smallest absolute Gasteiger partial charge is 0.401 e. The number of carbonyl (C=O) groups is 1. The summed E-state index contributed by atoms with van der Waals surface area (Å²) in [7, 11) is 0. The van der Waals surface area contributed by atoms with Crippen molar-refractivity contribution in [2.24, 2.45) is 0 Å². The molecule has 2 rings (SSSR count). The number of urea groups is 1. The molecule has 0 unspecified atom stereocenters. The quantitative estimate of drug-likeness (QED) is 0.919. The second-order valence-corrected chi connectivity index (χ2v) is 5.79. The second-order valence-electron chi connectivity index (χ2n) is 5.79. The number of nitrogens with zero attached hydrogens (tertiary/aromatic N) is 3. The first-order valence-corrected chi connectivity index (χ1v) is 7.42. The van der Waals surface area contributed by atoms with Crippen molar-refractivity contribution in [1.29, 1.82) is 0 Å². The average molecular weight is 334 g/mol. The van der Waals surface area contributed by atoms with Crippen LogP contribution in [0, 0.1) is 13.8 Å². The van der Waals surface area contributed by atoms with E-state index in [0.717, 1.165) is 5.69 Å². The number of rotatable bonds is 3. The predicted octanol–water partition coefficient (Wildman–Crippen LogP) is 2.07. The number of oxazole rings is 1. The van der Waals surface area contributed by atoms with Crippen molar-refractivity contribution >= 4 is 6.03 Å². The Morgan fingerprint density at radius 2 is 2.09 bits per heavy atom. The Morgan fingerprint density at radius 1 is 1.39 bits per heavy atom. The Bertz CT molecular complexity index is 539. The zero-order valence-electron chi connectivity index (χ0n) is 13.4. The van der Waals surface area contributed by atoms with Crippen LogP contribution in [0.2, 0.25) is 0 Å². The molecule has 2 heterocycles. The summed E-state index contributed by atoms with van der Waals surface area (Å²) in [5, 5.41) is 2.68. The topological polar surface area (TPSA) is 61.6 Å². The zero-order chi connectivity index (χ0) is 17.2. The Hall–Kier alpha value is -1.77. The highest BCUT2D eigenvalue weighted by molar-refractivity contribution is 5.74. The van der Waals surface area contributed by atoms with Crippen molar-refractivity contribution in [3.8, 4) is 0 Å². The summed E-state index contributed by atoms with van der Waals surface area (Å²) in [5.41, 5.74) is 0.767. The van der Waals surface area contributed by atoms with Gasteiger partial charge in [0.2, 0.25) is 5.89 Å². The molecule has 130 valence electrons. The van der Waals surface area contributed by atoms with Crippen LogP contribution in [0.3, 0.4) is 0 Å². The standard InChI is InChI=1S/C14H21F3N4O2/c1-9-7-20(4-5-21(9)8-14(15,16)17)13(22)18-6-12-19-10(2)11(3)23-12/h9H,4-8H2,1-3H3,(H,18,22)/t9-/m1/s1. The lowest BCUT2D eigenvalue weighted by Gasteiger charge is -2.39. The molecule has 1 atom stereocenters. The Kier molecular flexibility index (Phi) is 5.18. The highest BCUT2D eigenvalue weighted by Crippen LogP contribution is 2.20. The van der Waals surface area contributed by atoms with Gasteiger partial charge in [0.05, 0.1) is 18.8 Å². The van der Waals surface area contributed by atoms with Crippen molar-refractivity contribution in [3.05, 3.63) is 17.3 Å². The third kappa shape index (κ3) is 4.85. The van der Waals surface area contributed by atoms with Crippen LogP contribution in [0.4, 0.5) is 18.0 Å². The SMILES string of the molecule is Cc1nc(CNC(=O)N2CCN(CC(F)(F)F)[C@H](C)C2)oc1C. The van der Waals surface area contributed by atoms with Gasteiger partial charge >= 0.3 is 12.2 Å². The number of piperazine rings is 1. The van der Waals surface area contributed by atoms with Crippen molar-refractivity contribution in [1.82, 2.24) is 20.1 Å². The summed E-state index contributed by atoms with van der Waals surface area (Å²) in [5.74, 6) is 1.11. The molecule has 0 aromatic carbocycles. The molecule has 1 saturated heterocycles. The summed E-state index contributed by atoms with van der Waals surface area (Å²) in [4.78, 5) is 19.1. The molecule has 9 heteroatoms. The maximum absolute atomic E-state index is 12.5. The maximum atomic E-state index is 12.5. The summed E-state index contributed by atoms with van der Waals surface area (Å²) in [6.07, 6.45) is -4.22. The summed E-state index contributed by atoms with van der Waals surface area (Å²) < 4.78 is 42.7. The lowest BCUT2D eigenvalue weighted by atomic mass is 10.2. The van der Waals surface area contributed by atoms with Crippen molar-refractivity contribution in [2.75, 3.05) is 26.2 Å². The summed E-state index contributed by atoms with van der Waals surface area (Å²) in [6, 6.07) is -0.667. The van der Waals surface area contributed by atoms with Crippen LogP contribution < -0.4 is 5.32 Å². The zero-order valence-corrected chi connectivity index (χ0v) is 13.4. The Labute approximate surface area is 132 Å². The molecule has 2 amide bonds. The van der Waals surface area contributed by atoms with Crippen molar-refractivity contribution in [2.45, 2.75) is 39.5 Å². The lowest BCUT2D eigenvalue weighted by molar-refractivity contribution is -0.153. The van der Waals surface area contributed by atoms with E-state index in [-0.39, 0.29) is 38.3 Å². The summed E-state index contributed by atoms with van der Waals surface area (Å²) in [6.45, 7) is 5.21. The lowest BCUT2D eigenvalue weighted by Crippen LogP contribution is -2.57. The van der Waals surface area contributed by atoms with Crippen LogP contribution in [-0.4, -0.2) is 59.2 Å². The number of aryl methyl sites for hydroxylation is 2. The van der Waals surface area contributed by atoms with Crippen LogP contribution in [0.25, 0.3) is 0 Å². The van der Waals surface area contributed by atoms with Crippen LogP contribution in [0.15, 0.2) is 4.42 Å². The third-order valence-electron chi connectivity index (χ3n) is 3.90. The molecular formula is C14H21F3N4O2. The van der Waals surface area contributed by atoms with Crippen molar-refractivity contribution < 1.29 is 22.4 Å². The molecule has 1 aliphatic heterocycles. The largest absolute Gasteiger partial charge is 0.444 e. The van der Waals surface area contributed by atoms with Gasteiger partial charge in [-0.3, -0.25) is 4.90 Å². The van der Waals surface area contributed by atoms with E-state index in [4.69, 9.17) is 4.42 Å². The minimum atomic E-state index is -4.22. The molecule has 1 aliphatic rings. The fourth-order valence-electron chi connectivity index (χ4n) is 2.52. The molecule has 0 saturated carbocycles. The fraction of sp³-hybridized carbons (Fsp3) is 0.714. The number of amides is 2. The molecule has 23 heavy (non-hydrogen) atoms. The van der Waals surface area contributed by atoms with Gasteiger partial charge in [-0.25, -0.2) is 9.78 Å². The van der Waals surface area contributed by atoms with E-state index in [1.807, 2.05) is 6.92 Å². The monoisotopic (exact) mass is 334 g/mol. The highest BCUT2D eigenvalue weighted by atomic mass is 19.4. The van der Waals surface area contributed by atoms with Gasteiger partial charge in [-0.15, -0.1) is 0 Å². The normalized spacial score (nSPS) is 19.9. The van der Waals surface area contributed by atoms with Gasteiger partial charge in [0.25, 0.3) is 0 Å². The van der Waals surface area contributed by atoms with Gasteiger partial charge in [-0.05, 0) is 20.8 Å². The van der Waals surface area contributed by atoms with Crippen LogP contribution in [0.1, 0.15) is 24.3 Å². The molecule has 1 fully saturated rings. The van der Waals surface area contributed by atoms with Gasteiger partial charge in [0.1, 0.15) is 5.76 Å². The second kappa shape index (κ2) is 6.77. The minimum Gasteiger partial charge on any atom is -0.444 e. The van der Waals surface area contributed by atoms with Gasteiger partial charge < -0.3 is 14.6 Å². The Balaban J connectivity index is 1.82. The number of nitrogens with one attached hydrogen (secondary N) is 1. The van der Waals surface area contributed by atoms with Crippen LogP contribution in [-0.2, 0) is 6.54 Å². The number of hydrogen-bond donors (Lipinski definition) is 1. The molecule has 1 N–H and O–H groups in total. The van der Waals surface area contributed by atoms with Gasteiger partial charge in [-0.2, -0.15) is 13.2 Å². The minimum absolute atomic E-state index is 0.157. The van der Waals surface area contributed by atoms with Gasteiger partial charge in [0, 0.05) is 25.7 Å². The number of hydrogen-bond acceptors (Lipinski definition) is 4. The molecule has 0 spiro atoms. The van der Waals surface area contributed by atoms with E-state index in [2.05, 4.69) is 10.3 Å². The number of halogens is 3. The Morgan fingerprint density at radius 3 is 2.61 bits per heavy atom. The number of carbonyl (C=O) groups excluding carboxylic acids is 1. The van der Waals surface area contributed by atoms with E-state index in [9.17, 15) is 18.0 Å². The molecule has 1 aromatic rings. The van der Waals surface area contributed by atoms with Crippen LogP contribution >= 0.6 is 0 Å². The van der Waals surface area contributed by atoms with Crippen molar-refractivity contribution in [3.63, 3.8) is 0 Å². The van der Waals surface area contributed by atoms with Gasteiger partial charge in [0.15, 0.2) is 0 Å². The first-order valence-electron chi connectivity index (χ1n) is 7.42.